The predicted molar refractivity (Wildman–Crippen MR) is 150 cm³/mol. The number of nitrogen functional groups attached to an aromatic ring is 2. The van der Waals surface area contributed by atoms with E-state index in [0.717, 1.165) is 12.7 Å². The Kier molecular flexibility index (Phi) is 7.61. The second-order valence-corrected chi connectivity index (χ2v) is 15.3. The van der Waals surface area contributed by atoms with E-state index >= 15 is 8.78 Å². The van der Waals surface area contributed by atoms with Crippen LogP contribution in [0, 0.1) is 0 Å². The van der Waals surface area contributed by atoms with E-state index in [2.05, 4.69) is 29.9 Å². The smallest absolute Gasteiger partial charge is 0.325 e. The second kappa shape index (κ2) is 11.1. The molecule has 0 amide bonds. The van der Waals surface area contributed by atoms with Gasteiger partial charge in [0.2, 0.25) is 6.80 Å². The van der Waals surface area contributed by atoms with Gasteiger partial charge in [-0.3, -0.25) is 18.2 Å². The van der Waals surface area contributed by atoms with Crippen LogP contribution in [0.2, 0.25) is 0 Å². The van der Waals surface area contributed by atoms with Crippen molar-refractivity contribution in [3.05, 3.63) is 25.3 Å². The molecule has 236 valence electrons. The summed E-state index contributed by atoms with van der Waals surface area (Å²) in [7, 11) is 0. The van der Waals surface area contributed by atoms with Crippen molar-refractivity contribution in [2.24, 2.45) is 0 Å². The molecule has 2 bridgehead atoms. The highest BCUT2D eigenvalue weighted by atomic mass is 32.7. The summed E-state index contributed by atoms with van der Waals surface area (Å²) in [6, 6.07) is 0. The lowest BCUT2D eigenvalue weighted by molar-refractivity contribution is -0.0579. The van der Waals surface area contributed by atoms with Gasteiger partial charge in [0.25, 0.3) is 0 Å². The summed E-state index contributed by atoms with van der Waals surface area (Å²) in [6.07, 6.45) is -8.15. The molecule has 44 heavy (non-hydrogen) atoms. The number of hydrogen-bond donors (Lipinski definition) is 3. The molecule has 5 N–H and O–H groups in total. The van der Waals surface area contributed by atoms with Crippen LogP contribution in [-0.2, 0) is 56.2 Å². The lowest BCUT2D eigenvalue weighted by atomic mass is 10.1. The number of anilines is 2. The highest BCUT2D eigenvalue weighted by Crippen LogP contribution is 2.55. The van der Waals surface area contributed by atoms with Gasteiger partial charge < -0.3 is 51.7 Å². The molecule has 3 aliphatic heterocycles. The molecule has 24 heteroatoms. The fourth-order valence-corrected chi connectivity index (χ4v) is 7.98. The number of ether oxygens (including phenoxy) is 2. The molecule has 0 saturated carbocycles. The average molecular weight is 694 g/mol. The van der Waals surface area contributed by atoms with Gasteiger partial charge in [0.05, 0.1) is 25.9 Å². The maximum absolute atomic E-state index is 16.0. The van der Waals surface area contributed by atoms with Gasteiger partial charge in [-0.1, -0.05) is 0 Å². The number of nitrogens with zero attached hydrogens (tertiary/aromatic N) is 8. The predicted octanol–water partition coefficient (Wildman–Crippen LogP) is 0.991. The van der Waals surface area contributed by atoms with Gasteiger partial charge in [-0.25, -0.2) is 38.7 Å². The zero-order valence-corrected chi connectivity index (χ0v) is 25.3. The Balaban J connectivity index is 1.20. The van der Waals surface area contributed by atoms with E-state index in [1.165, 1.54) is 21.8 Å². The minimum absolute atomic E-state index is 0.0497. The second-order valence-electron chi connectivity index (χ2n) is 9.83. The van der Waals surface area contributed by atoms with Gasteiger partial charge in [-0.05, 0) is 11.8 Å². The Bertz CT molecular complexity index is 1840. The Hall–Kier alpha value is -2.49. The number of hydrogen-bond acceptors (Lipinski definition) is 17. The van der Waals surface area contributed by atoms with Crippen molar-refractivity contribution in [1.29, 1.82) is 0 Å². The van der Waals surface area contributed by atoms with Crippen LogP contribution in [0.5, 0.6) is 0 Å². The first-order valence-electron chi connectivity index (χ1n) is 12.7. The fraction of sp³-hybridized carbons (Fsp3) is 0.500. The first-order chi connectivity index (χ1) is 20.9. The lowest BCUT2D eigenvalue weighted by Crippen LogP contribution is -2.34. The van der Waals surface area contributed by atoms with E-state index in [0.29, 0.717) is 0 Å². The normalized spacial score (nSPS) is 38.3. The topological polar surface area (TPSA) is 232 Å². The Morgan fingerprint density at radius 2 is 1.41 bits per heavy atom. The Morgan fingerprint density at radius 1 is 0.841 bits per heavy atom. The molecule has 3 saturated heterocycles. The van der Waals surface area contributed by atoms with E-state index in [4.69, 9.17) is 63.1 Å². The van der Waals surface area contributed by atoms with Crippen molar-refractivity contribution in [1.82, 2.24) is 39.0 Å². The van der Waals surface area contributed by atoms with Crippen molar-refractivity contribution in [3.8, 4) is 0 Å². The van der Waals surface area contributed by atoms with Gasteiger partial charge in [0, 0.05) is 0 Å². The van der Waals surface area contributed by atoms with E-state index < -0.39 is 75.9 Å². The van der Waals surface area contributed by atoms with Crippen molar-refractivity contribution < 1.29 is 45.8 Å². The SMILES string of the molecule is Nc1ncnc2c1ncn2[C@@H]1O[C@@H]2COP(=O)([S-])O[C@@H]3[C@H](F)[C@@H](COP(O)(=S)O[C@H]2[C@H]1F)O[C@H]3n1cnc2c(N)ncnc21. The van der Waals surface area contributed by atoms with E-state index in [-0.39, 0.29) is 34.0 Å². The van der Waals surface area contributed by atoms with Crippen LogP contribution in [0.1, 0.15) is 12.5 Å². The molecule has 0 aromatic carbocycles. The Labute approximate surface area is 255 Å². The molecule has 0 spiro atoms. The molecular formula is C20H21F2N10O8P2S2-. The highest BCUT2D eigenvalue weighted by molar-refractivity contribution is 8.32. The maximum Gasteiger partial charge on any atom is 0.325 e. The zero-order valence-electron chi connectivity index (χ0n) is 21.8. The largest absolute Gasteiger partial charge is 0.660 e. The molecule has 4 aromatic rings. The van der Waals surface area contributed by atoms with Crippen molar-refractivity contribution in [2.45, 2.75) is 49.2 Å². The van der Waals surface area contributed by atoms with Gasteiger partial charge in [-0.2, -0.15) is 0 Å². The van der Waals surface area contributed by atoms with Crippen molar-refractivity contribution in [2.75, 3.05) is 24.7 Å². The third kappa shape index (κ3) is 5.26. The molecule has 2 unspecified atom stereocenters. The molecule has 0 aliphatic carbocycles. The van der Waals surface area contributed by atoms with Crippen LogP contribution in [0.3, 0.4) is 0 Å². The van der Waals surface area contributed by atoms with Crippen molar-refractivity contribution >= 4 is 71.5 Å². The molecule has 18 nitrogen and oxygen atoms in total. The number of rotatable bonds is 2. The van der Waals surface area contributed by atoms with E-state index in [9.17, 15) is 9.46 Å². The number of aromatic nitrogens is 8. The van der Waals surface area contributed by atoms with Crippen LogP contribution < -0.4 is 11.5 Å². The number of alkyl halides is 2. The third-order valence-electron chi connectivity index (χ3n) is 7.16. The molecule has 3 aliphatic rings. The minimum Gasteiger partial charge on any atom is -0.660 e. The molecule has 10 atom stereocenters. The summed E-state index contributed by atoms with van der Waals surface area (Å²) >= 11 is 10.2. The van der Waals surface area contributed by atoms with Crippen LogP contribution in [0.25, 0.3) is 22.3 Å². The third-order valence-corrected chi connectivity index (χ3v) is 10.3. The average Bonchev–Trinajstić information content (AvgIpc) is 3.73. The monoisotopic (exact) mass is 693 g/mol. The van der Waals surface area contributed by atoms with E-state index in [1.54, 1.807) is 0 Å². The summed E-state index contributed by atoms with van der Waals surface area (Å²) in [4.78, 5) is 35.0. The zero-order chi connectivity index (χ0) is 31.0. The van der Waals surface area contributed by atoms with Crippen LogP contribution in [0.4, 0.5) is 20.4 Å². The van der Waals surface area contributed by atoms with Gasteiger partial charge in [-0.15, -0.1) is 0 Å². The van der Waals surface area contributed by atoms with Crippen LogP contribution >= 0.6 is 13.5 Å². The Morgan fingerprint density at radius 3 is 2.05 bits per heavy atom. The standard InChI is InChI=1S/C20H22F2N10O8P2S2/c21-9-7-1-35-41(33,43)39-13-8(38-19(10(13)22)31-5-29-11-15(23)25-3-27-17(11)31)2-36-42(34,44)40-14(9)20(37-7)32-6-30-12-16(24)26-4-28-18(12)32/h3-10,13-14,19-20H,1-2H2,(H,33,43)(H,34,44)(H2,23,25,27)(H2,24,26,28)/p-1/t7-,8-,9-,10-,13-,14-,19-,20-,41?,42?/m1/s1. The summed E-state index contributed by atoms with van der Waals surface area (Å²) in [5.74, 6) is 0.0994. The molecule has 3 fully saturated rings. The van der Waals surface area contributed by atoms with Crippen molar-refractivity contribution in [3.63, 3.8) is 0 Å². The summed E-state index contributed by atoms with van der Waals surface area (Å²) in [6.45, 7) is -10.2. The quantitative estimate of drug-likeness (QED) is 0.196. The number of imidazole rings is 2. The molecule has 0 radical (unpaired) electrons. The summed E-state index contributed by atoms with van der Waals surface area (Å²) in [5.41, 5.74) is 12.4. The van der Waals surface area contributed by atoms with E-state index in [1.807, 2.05) is 0 Å². The molecule has 7 heterocycles. The summed E-state index contributed by atoms with van der Waals surface area (Å²) in [5, 5.41) is 0. The van der Waals surface area contributed by atoms with Gasteiger partial charge in [0.15, 0.2) is 47.7 Å². The fourth-order valence-electron chi connectivity index (χ4n) is 5.15. The van der Waals surface area contributed by atoms with Gasteiger partial charge in [0.1, 0.15) is 48.1 Å². The van der Waals surface area contributed by atoms with Crippen LogP contribution in [0.15, 0.2) is 25.3 Å². The first kappa shape index (κ1) is 30.2. The number of halogens is 2. The highest BCUT2D eigenvalue weighted by Gasteiger charge is 2.53. The van der Waals surface area contributed by atoms with Gasteiger partial charge >= 0.3 is 6.72 Å². The number of nitrogens with two attached hydrogens (primary N) is 2. The summed E-state index contributed by atoms with van der Waals surface area (Å²) < 4.78 is 81.2. The minimum atomic E-state index is -4.53. The lowest BCUT2D eigenvalue weighted by Gasteiger charge is -2.31. The molecule has 4 aromatic heterocycles. The molecular weight excluding hydrogens is 672 g/mol. The molecule has 7 rings (SSSR count). The number of fused-ring (bicyclic) bond motifs is 5. The maximum atomic E-state index is 16.0. The first-order valence-corrected chi connectivity index (χ1v) is 17.8. The van der Waals surface area contributed by atoms with Crippen LogP contribution in [-0.4, -0.2) is 93.9 Å².